The molecule has 248 valence electrons. The van der Waals surface area contributed by atoms with E-state index in [-0.39, 0.29) is 40.8 Å². The summed E-state index contributed by atoms with van der Waals surface area (Å²) in [5.41, 5.74) is -2.46. The summed E-state index contributed by atoms with van der Waals surface area (Å²) in [5.74, 6) is -1.81. The van der Waals surface area contributed by atoms with Gasteiger partial charge in [-0.1, -0.05) is 6.42 Å². The molecule has 2 aromatic carbocycles. The van der Waals surface area contributed by atoms with Gasteiger partial charge in [0.1, 0.15) is 40.3 Å². The van der Waals surface area contributed by atoms with Crippen LogP contribution in [-0.2, 0) is 9.53 Å². The highest BCUT2D eigenvalue weighted by atomic mass is 16.7. The number of aliphatic hydroxyl groups excluding tert-OH is 2. The molecule has 6 atom stereocenters. The van der Waals surface area contributed by atoms with Gasteiger partial charge < -0.3 is 59.5 Å². The fourth-order valence-electron chi connectivity index (χ4n) is 6.44. The van der Waals surface area contributed by atoms with E-state index in [4.69, 9.17) is 23.4 Å². The largest absolute Gasteiger partial charge is 0.504 e. The van der Waals surface area contributed by atoms with Crippen LogP contribution in [0.5, 0.6) is 23.0 Å². The molecule has 6 unspecified atom stereocenters. The first kappa shape index (κ1) is 32.0. The van der Waals surface area contributed by atoms with Crippen molar-refractivity contribution in [3.63, 3.8) is 0 Å². The molecule has 0 amide bonds. The summed E-state index contributed by atoms with van der Waals surface area (Å²) in [6.07, 6.45) is -4.13. The zero-order valence-electron chi connectivity index (χ0n) is 25.2. The molecule has 1 aliphatic carbocycles. The maximum atomic E-state index is 13.3. The lowest BCUT2D eigenvalue weighted by molar-refractivity contribution is -0.307. The summed E-state index contributed by atoms with van der Waals surface area (Å²) < 4.78 is 29.0. The third-order valence-electron chi connectivity index (χ3n) is 8.91. The van der Waals surface area contributed by atoms with Crippen molar-refractivity contribution in [2.45, 2.75) is 80.9 Å². The molecule has 1 saturated carbocycles. The first-order valence-corrected chi connectivity index (χ1v) is 15.3. The summed E-state index contributed by atoms with van der Waals surface area (Å²) in [4.78, 5) is 25.7. The quantitative estimate of drug-likeness (QED) is 0.176. The minimum absolute atomic E-state index is 0.0845. The van der Waals surface area contributed by atoms with Crippen molar-refractivity contribution < 1.29 is 53.7 Å². The number of aromatic hydroxyl groups is 1. The van der Waals surface area contributed by atoms with Gasteiger partial charge in [0.2, 0.25) is 12.0 Å². The number of rotatable bonds is 9. The Morgan fingerprint density at radius 2 is 1.83 bits per heavy atom. The zero-order chi connectivity index (χ0) is 32.6. The lowest BCUT2D eigenvalue weighted by atomic mass is 9.79. The van der Waals surface area contributed by atoms with Gasteiger partial charge in [0.05, 0.1) is 13.2 Å². The van der Waals surface area contributed by atoms with Crippen molar-refractivity contribution >= 4 is 16.9 Å². The van der Waals surface area contributed by atoms with Gasteiger partial charge >= 0.3 is 5.97 Å². The maximum absolute atomic E-state index is 13.3. The normalized spacial score (nSPS) is 28.7. The van der Waals surface area contributed by atoms with Crippen LogP contribution in [0.25, 0.3) is 22.3 Å². The highest BCUT2D eigenvalue weighted by Gasteiger charge is 2.59. The van der Waals surface area contributed by atoms with Crippen LogP contribution in [0.15, 0.2) is 45.6 Å². The summed E-state index contributed by atoms with van der Waals surface area (Å²) in [6.45, 7) is 0.828. The van der Waals surface area contributed by atoms with Crippen molar-refractivity contribution in [1.82, 2.24) is 10.6 Å². The fourth-order valence-corrected chi connectivity index (χ4v) is 6.44. The van der Waals surface area contributed by atoms with Crippen LogP contribution in [-0.4, -0.2) is 94.2 Å². The standard InChI is InChI=1S/C32H38N2O12/c1-42-18-9-7-16(8-10-18)21-11-20(35)24-22(44-21)12-23(27(25(24)36)43-19-5-3-2-4-6-19)45-31-26(37)28(38)32(41,29(46-31)30(39)40)13-17-14-33-15-34-17/h7-12,17,19,26,28-29,31,33-34,36-38,41H,2-6,13-15H2,1H3,(H,39,40). The molecule has 7 N–H and O–H groups in total. The molecule has 1 aromatic heterocycles. The smallest absolute Gasteiger partial charge is 0.336 e. The number of methoxy groups -OCH3 is 1. The molecule has 14 heteroatoms. The number of hydrogen-bond donors (Lipinski definition) is 7. The Bertz CT molecular complexity index is 1620. The van der Waals surface area contributed by atoms with E-state index < -0.39 is 53.4 Å². The Morgan fingerprint density at radius 3 is 2.48 bits per heavy atom. The summed E-state index contributed by atoms with van der Waals surface area (Å²) in [7, 11) is 1.53. The van der Waals surface area contributed by atoms with Gasteiger partial charge in [-0.15, -0.1) is 0 Å². The van der Waals surface area contributed by atoms with Gasteiger partial charge in [0, 0.05) is 37.0 Å². The molecule has 0 bridgehead atoms. The number of hydrogen-bond acceptors (Lipinski definition) is 13. The van der Waals surface area contributed by atoms with E-state index in [1.54, 1.807) is 24.3 Å². The SMILES string of the molecule is COc1ccc(-c2cc(=O)c3c(O)c(OC4CCCCC4)c(OC4OC(C(=O)O)C(O)(CC5CNCN5)C(O)C4O)cc3o2)cc1. The van der Waals surface area contributed by atoms with Crippen molar-refractivity contribution in [1.29, 1.82) is 0 Å². The molecule has 6 rings (SSSR count). The van der Waals surface area contributed by atoms with Crippen molar-refractivity contribution in [3.8, 4) is 34.3 Å². The maximum Gasteiger partial charge on any atom is 0.336 e. The molecule has 46 heavy (non-hydrogen) atoms. The molecule has 3 aromatic rings. The van der Waals surface area contributed by atoms with Gasteiger partial charge in [-0.3, -0.25) is 4.79 Å². The monoisotopic (exact) mass is 642 g/mol. The Labute approximate surface area is 263 Å². The Balaban J connectivity index is 1.39. The van der Waals surface area contributed by atoms with E-state index in [0.29, 0.717) is 37.4 Å². The molecule has 2 saturated heterocycles. The minimum atomic E-state index is -2.37. The molecule has 2 aliphatic heterocycles. The van der Waals surface area contributed by atoms with Gasteiger partial charge in [0.15, 0.2) is 23.0 Å². The number of phenols is 1. The predicted molar refractivity (Wildman–Crippen MR) is 162 cm³/mol. The predicted octanol–water partition coefficient (Wildman–Crippen LogP) is 1.44. The van der Waals surface area contributed by atoms with E-state index in [9.17, 15) is 35.1 Å². The van der Waals surface area contributed by atoms with E-state index in [1.165, 1.54) is 19.2 Å². The average Bonchev–Trinajstić information content (AvgIpc) is 3.56. The first-order valence-electron chi connectivity index (χ1n) is 15.3. The number of benzene rings is 2. The summed E-state index contributed by atoms with van der Waals surface area (Å²) >= 11 is 0. The van der Waals surface area contributed by atoms with Crippen LogP contribution >= 0.6 is 0 Å². The second-order valence-electron chi connectivity index (χ2n) is 12.0. The molecule has 3 fully saturated rings. The van der Waals surface area contributed by atoms with Crippen molar-refractivity contribution in [3.05, 3.63) is 46.6 Å². The van der Waals surface area contributed by atoms with Crippen LogP contribution in [0.2, 0.25) is 0 Å². The lowest BCUT2D eigenvalue weighted by Crippen LogP contribution is -2.70. The number of carboxylic acids is 1. The number of phenolic OH excluding ortho intramolecular Hbond substituents is 1. The second kappa shape index (κ2) is 13.1. The van der Waals surface area contributed by atoms with Crippen molar-refractivity contribution in [2.75, 3.05) is 20.3 Å². The third kappa shape index (κ3) is 6.11. The van der Waals surface area contributed by atoms with Crippen LogP contribution in [0.1, 0.15) is 38.5 Å². The van der Waals surface area contributed by atoms with Crippen LogP contribution in [0.3, 0.4) is 0 Å². The zero-order valence-corrected chi connectivity index (χ0v) is 25.2. The Hall–Kier alpha value is -3.92. The van der Waals surface area contributed by atoms with Crippen molar-refractivity contribution in [2.24, 2.45) is 0 Å². The molecule has 14 nitrogen and oxygen atoms in total. The number of carboxylic acid groups (broad SMARTS) is 1. The molecule has 3 heterocycles. The molecule has 3 aliphatic rings. The topological polar surface area (TPSA) is 209 Å². The molecular weight excluding hydrogens is 604 g/mol. The van der Waals surface area contributed by atoms with Crippen LogP contribution in [0, 0.1) is 0 Å². The minimum Gasteiger partial charge on any atom is -0.504 e. The van der Waals surface area contributed by atoms with E-state index in [1.807, 2.05) is 0 Å². The fraction of sp³-hybridized carbons (Fsp3) is 0.500. The number of aliphatic hydroxyl groups is 3. The highest BCUT2D eigenvalue weighted by Crippen LogP contribution is 2.46. The molecular formula is C32H38N2O12. The number of ether oxygens (including phenoxy) is 4. The first-order chi connectivity index (χ1) is 22.1. The average molecular weight is 643 g/mol. The Morgan fingerprint density at radius 1 is 1.09 bits per heavy atom. The lowest BCUT2D eigenvalue weighted by Gasteiger charge is -2.47. The number of carbonyl (C=O) groups is 1. The number of aliphatic carboxylic acids is 1. The highest BCUT2D eigenvalue weighted by molar-refractivity contribution is 5.89. The van der Waals surface area contributed by atoms with Gasteiger partial charge in [-0.2, -0.15) is 0 Å². The number of fused-ring (bicyclic) bond motifs is 1. The van der Waals surface area contributed by atoms with E-state index in [0.717, 1.165) is 19.3 Å². The van der Waals surface area contributed by atoms with Gasteiger partial charge in [-0.05, 0) is 56.4 Å². The van der Waals surface area contributed by atoms with E-state index in [2.05, 4.69) is 10.6 Å². The number of nitrogens with one attached hydrogen (secondary N) is 2. The molecule has 0 spiro atoms. The summed E-state index contributed by atoms with van der Waals surface area (Å²) in [6, 6.07) is 8.90. The summed E-state index contributed by atoms with van der Waals surface area (Å²) in [5, 5.41) is 60.9. The van der Waals surface area contributed by atoms with Gasteiger partial charge in [0.25, 0.3) is 0 Å². The molecule has 0 radical (unpaired) electrons. The van der Waals surface area contributed by atoms with Crippen LogP contribution < -0.4 is 30.3 Å². The third-order valence-corrected chi connectivity index (χ3v) is 8.91. The second-order valence-corrected chi connectivity index (χ2v) is 12.0. The Kier molecular flexibility index (Phi) is 9.10. The van der Waals surface area contributed by atoms with Crippen LogP contribution in [0.4, 0.5) is 0 Å². The van der Waals surface area contributed by atoms with Gasteiger partial charge in [-0.25, -0.2) is 4.79 Å². The van der Waals surface area contributed by atoms with E-state index >= 15 is 0 Å².